The number of hydrogen-bond donors (Lipinski definition) is 2. The van der Waals surface area contributed by atoms with Gasteiger partial charge in [0.1, 0.15) is 11.4 Å². The lowest BCUT2D eigenvalue weighted by molar-refractivity contribution is -0.384. The summed E-state index contributed by atoms with van der Waals surface area (Å²) in [4.78, 5) is 28.1. The van der Waals surface area contributed by atoms with Gasteiger partial charge in [-0.1, -0.05) is 66.2 Å². The van der Waals surface area contributed by atoms with Crippen LogP contribution in [-0.4, -0.2) is 20.9 Å². The minimum Gasteiger partial charge on any atom is -0.507 e. The van der Waals surface area contributed by atoms with Crippen molar-refractivity contribution in [3.63, 3.8) is 0 Å². The van der Waals surface area contributed by atoms with Crippen LogP contribution in [0, 0.1) is 10.1 Å². The van der Waals surface area contributed by atoms with Crippen LogP contribution in [0.25, 0.3) is 33.8 Å². The molecule has 0 atom stereocenters. The molecule has 8 nitrogen and oxygen atoms in total. The fourth-order valence-corrected chi connectivity index (χ4v) is 4.11. The summed E-state index contributed by atoms with van der Waals surface area (Å²) in [6, 6.07) is 26.6. The zero-order valence-electron chi connectivity index (χ0n) is 19.1. The molecule has 1 heterocycles. The number of benzene rings is 4. The van der Waals surface area contributed by atoms with Crippen LogP contribution in [0.1, 0.15) is 10.4 Å². The van der Waals surface area contributed by atoms with E-state index in [1.54, 1.807) is 72.8 Å². The van der Waals surface area contributed by atoms with Gasteiger partial charge in [0.05, 0.1) is 16.0 Å². The van der Waals surface area contributed by atoms with Crippen molar-refractivity contribution in [1.82, 2.24) is 4.98 Å². The van der Waals surface area contributed by atoms with Gasteiger partial charge in [-0.25, -0.2) is 4.98 Å². The highest BCUT2D eigenvalue weighted by Gasteiger charge is 2.23. The van der Waals surface area contributed by atoms with E-state index in [0.717, 1.165) is 6.07 Å². The van der Waals surface area contributed by atoms with Crippen molar-refractivity contribution in [1.29, 1.82) is 0 Å². The van der Waals surface area contributed by atoms with E-state index in [4.69, 9.17) is 16.0 Å². The van der Waals surface area contributed by atoms with Crippen molar-refractivity contribution in [2.45, 2.75) is 0 Å². The number of phenols is 1. The predicted octanol–water partition coefficient (Wildman–Crippen LogP) is 7.20. The molecule has 0 saturated carbocycles. The van der Waals surface area contributed by atoms with Crippen LogP contribution in [-0.2, 0) is 0 Å². The molecule has 0 aliphatic carbocycles. The molecule has 182 valence electrons. The highest BCUT2D eigenvalue weighted by molar-refractivity contribution is 6.33. The number of carbonyl (C=O) groups excluding carboxylic acids is 1. The molecular formula is C28H18ClN3O5. The third-order valence-electron chi connectivity index (χ3n) is 5.66. The molecule has 9 heteroatoms. The Morgan fingerprint density at radius 3 is 2.19 bits per heavy atom. The Morgan fingerprint density at radius 1 is 0.865 bits per heavy atom. The Morgan fingerprint density at radius 2 is 1.51 bits per heavy atom. The van der Waals surface area contributed by atoms with E-state index in [-0.39, 0.29) is 23.2 Å². The second-order valence-corrected chi connectivity index (χ2v) is 8.41. The number of non-ortho nitro benzene ring substituents is 1. The number of nitrogens with zero attached hydrogens (tertiary/aromatic N) is 2. The quantitative estimate of drug-likeness (QED) is 0.184. The van der Waals surface area contributed by atoms with Gasteiger partial charge < -0.3 is 9.52 Å². The lowest BCUT2D eigenvalue weighted by Gasteiger charge is -2.09. The summed E-state index contributed by atoms with van der Waals surface area (Å²) in [6.45, 7) is 0. The number of amides is 1. The number of oxazole rings is 1. The Kier molecular flexibility index (Phi) is 6.40. The average Bonchev–Trinajstić information content (AvgIpc) is 3.32. The van der Waals surface area contributed by atoms with E-state index < -0.39 is 10.8 Å². The lowest BCUT2D eigenvalue weighted by Crippen LogP contribution is -2.11. The number of rotatable bonds is 6. The molecule has 2 N–H and O–H groups in total. The van der Waals surface area contributed by atoms with Gasteiger partial charge in [-0.3, -0.25) is 20.2 Å². The van der Waals surface area contributed by atoms with Crippen LogP contribution < -0.4 is 5.32 Å². The summed E-state index contributed by atoms with van der Waals surface area (Å²) in [6.07, 6.45) is 0. The maximum absolute atomic E-state index is 12.9. The normalized spacial score (nSPS) is 10.7. The number of nitro benzene ring substituents is 1. The first kappa shape index (κ1) is 23.8. The fraction of sp³-hybridized carbons (Fsp3) is 0. The average molecular weight is 512 g/mol. The molecule has 0 unspecified atom stereocenters. The van der Waals surface area contributed by atoms with Crippen molar-refractivity contribution in [3.8, 4) is 39.6 Å². The van der Waals surface area contributed by atoms with E-state index >= 15 is 0 Å². The molecule has 0 aliphatic heterocycles. The number of halogens is 1. The molecule has 5 aromatic rings. The number of nitrogens with one attached hydrogen (secondary N) is 1. The zero-order valence-corrected chi connectivity index (χ0v) is 19.8. The molecule has 0 spiro atoms. The maximum Gasteiger partial charge on any atom is 0.273 e. The van der Waals surface area contributed by atoms with Crippen LogP contribution in [0.5, 0.6) is 5.75 Å². The molecule has 0 saturated heterocycles. The van der Waals surface area contributed by atoms with Crippen LogP contribution in [0.3, 0.4) is 0 Å². The summed E-state index contributed by atoms with van der Waals surface area (Å²) in [7, 11) is 0. The summed E-state index contributed by atoms with van der Waals surface area (Å²) in [5.74, 6) is -0.402. The number of carbonyl (C=O) groups is 1. The van der Waals surface area contributed by atoms with Crippen molar-refractivity contribution >= 4 is 29.1 Å². The highest BCUT2D eigenvalue weighted by atomic mass is 35.5. The molecular weight excluding hydrogens is 494 g/mol. The topological polar surface area (TPSA) is 118 Å². The van der Waals surface area contributed by atoms with Gasteiger partial charge in [-0.05, 0) is 35.9 Å². The largest absolute Gasteiger partial charge is 0.507 e. The van der Waals surface area contributed by atoms with Crippen LogP contribution in [0.2, 0.25) is 5.02 Å². The third kappa shape index (κ3) is 4.78. The van der Waals surface area contributed by atoms with Gasteiger partial charge in [0.25, 0.3) is 11.6 Å². The minimum absolute atomic E-state index is 0.0969. The Labute approximate surface area is 216 Å². The molecule has 1 amide bonds. The van der Waals surface area contributed by atoms with Crippen molar-refractivity contribution in [3.05, 3.63) is 118 Å². The Hall–Kier alpha value is -4.95. The number of hydrogen-bond acceptors (Lipinski definition) is 6. The Balaban J connectivity index is 1.63. The summed E-state index contributed by atoms with van der Waals surface area (Å²) in [5, 5.41) is 24.9. The Bertz CT molecular complexity index is 1630. The van der Waals surface area contributed by atoms with E-state index in [9.17, 15) is 20.0 Å². The third-order valence-corrected chi connectivity index (χ3v) is 5.99. The predicted molar refractivity (Wildman–Crippen MR) is 141 cm³/mol. The summed E-state index contributed by atoms with van der Waals surface area (Å²) in [5.41, 5.74) is 2.46. The molecule has 37 heavy (non-hydrogen) atoms. The number of aromatic nitrogens is 1. The second-order valence-electron chi connectivity index (χ2n) is 8.00. The summed E-state index contributed by atoms with van der Waals surface area (Å²) >= 11 is 6.45. The SMILES string of the molecule is O=C(Nc1oc(-c2ccccc2-c2ccc([N+](=O)[O-])cc2O)nc1-c1ccccc1Cl)c1ccccc1. The lowest BCUT2D eigenvalue weighted by atomic mass is 9.98. The maximum atomic E-state index is 12.9. The van der Waals surface area contributed by atoms with Crippen molar-refractivity contribution < 1.29 is 19.2 Å². The molecule has 0 aliphatic rings. The first-order valence-electron chi connectivity index (χ1n) is 11.1. The van der Waals surface area contributed by atoms with Crippen LogP contribution in [0.15, 0.2) is 101 Å². The van der Waals surface area contributed by atoms with E-state index in [2.05, 4.69) is 10.3 Å². The standard InChI is InChI=1S/C28H18ClN3O5/c29-23-13-7-6-12-22(23)25-28(31-26(34)17-8-2-1-3-9-17)37-27(30-25)21-11-5-4-10-19(21)20-15-14-18(32(35)36)16-24(20)33/h1-16,33H,(H,31,34). The molecule has 5 rings (SSSR count). The molecule has 0 radical (unpaired) electrons. The van der Waals surface area contributed by atoms with Crippen molar-refractivity contribution in [2.24, 2.45) is 0 Å². The summed E-state index contributed by atoms with van der Waals surface area (Å²) < 4.78 is 6.07. The minimum atomic E-state index is -0.582. The van der Waals surface area contributed by atoms with Crippen molar-refractivity contribution in [2.75, 3.05) is 5.32 Å². The smallest absolute Gasteiger partial charge is 0.273 e. The monoisotopic (exact) mass is 511 g/mol. The van der Waals surface area contributed by atoms with Gasteiger partial charge in [-0.2, -0.15) is 0 Å². The zero-order chi connectivity index (χ0) is 25.9. The van der Waals surface area contributed by atoms with Gasteiger partial charge in [0.15, 0.2) is 0 Å². The van der Waals surface area contributed by atoms with Crippen LogP contribution >= 0.6 is 11.6 Å². The number of anilines is 1. The molecule has 1 aromatic heterocycles. The second kappa shape index (κ2) is 9.96. The first-order valence-corrected chi connectivity index (χ1v) is 11.5. The van der Waals surface area contributed by atoms with E-state index in [1.165, 1.54) is 12.1 Å². The van der Waals surface area contributed by atoms with Crippen LogP contribution in [0.4, 0.5) is 11.6 Å². The number of nitro groups is 1. The number of phenolic OH excluding ortho intramolecular Hbond substituents is 1. The molecule has 0 fully saturated rings. The highest BCUT2D eigenvalue weighted by Crippen LogP contribution is 2.41. The van der Waals surface area contributed by atoms with Gasteiger partial charge >= 0.3 is 0 Å². The van der Waals surface area contributed by atoms with Gasteiger partial charge in [0.2, 0.25) is 11.8 Å². The van der Waals surface area contributed by atoms with E-state index in [1.807, 2.05) is 6.07 Å². The first-order chi connectivity index (χ1) is 17.9. The van der Waals surface area contributed by atoms with Gasteiger partial charge in [-0.15, -0.1) is 0 Å². The van der Waals surface area contributed by atoms with Gasteiger partial charge in [0, 0.05) is 28.3 Å². The molecule has 0 bridgehead atoms. The molecule has 4 aromatic carbocycles. The fourth-order valence-electron chi connectivity index (χ4n) is 3.89. The van der Waals surface area contributed by atoms with E-state index in [0.29, 0.717) is 38.5 Å². The number of aromatic hydroxyl groups is 1.